The second-order valence-corrected chi connectivity index (χ2v) is 3.94. The molecule has 0 bridgehead atoms. The van der Waals surface area contributed by atoms with Gasteiger partial charge in [0.05, 0.1) is 11.6 Å². The van der Waals surface area contributed by atoms with Gasteiger partial charge in [-0.3, -0.25) is 0 Å². The van der Waals surface area contributed by atoms with Gasteiger partial charge in [-0.2, -0.15) is 5.26 Å². The van der Waals surface area contributed by atoms with Gasteiger partial charge < -0.3 is 4.90 Å². The molecule has 0 saturated carbocycles. The Balaban J connectivity index is 2.33. The lowest BCUT2D eigenvalue weighted by Gasteiger charge is -2.17. The van der Waals surface area contributed by atoms with Gasteiger partial charge in [-0.15, -0.1) is 0 Å². The average molecular weight is 207 g/mol. The molecule has 0 aromatic heterocycles. The first-order valence-corrected chi connectivity index (χ1v) is 5.13. The maximum Gasteiger partial charge on any atom is 0.0992 e. The Labute approximate surface area is 88.7 Å². The zero-order chi connectivity index (χ0) is 9.97. The van der Waals surface area contributed by atoms with E-state index in [1.165, 1.54) is 12.8 Å². The molecular weight excluding hydrogens is 196 g/mol. The molecule has 0 N–H and O–H groups in total. The fraction of sp³-hybridized carbons (Fsp3) is 0.364. The molecule has 0 amide bonds. The summed E-state index contributed by atoms with van der Waals surface area (Å²) in [5.74, 6) is 0. The molecule has 2 nitrogen and oxygen atoms in total. The number of anilines is 1. The van der Waals surface area contributed by atoms with Crippen LogP contribution in [0.5, 0.6) is 0 Å². The molecule has 3 heteroatoms. The minimum absolute atomic E-state index is 0.638. The van der Waals surface area contributed by atoms with E-state index in [2.05, 4.69) is 11.0 Å². The van der Waals surface area contributed by atoms with Crippen LogP contribution in [0.2, 0.25) is 5.02 Å². The molecule has 1 aromatic rings. The third kappa shape index (κ3) is 1.83. The van der Waals surface area contributed by atoms with Crippen LogP contribution in [-0.2, 0) is 0 Å². The van der Waals surface area contributed by atoms with Crippen molar-refractivity contribution in [1.82, 2.24) is 0 Å². The van der Waals surface area contributed by atoms with Crippen molar-refractivity contribution in [2.75, 3.05) is 18.0 Å². The summed E-state index contributed by atoms with van der Waals surface area (Å²) in [4.78, 5) is 2.27. The number of hydrogen-bond donors (Lipinski definition) is 0. The molecule has 1 aromatic carbocycles. The molecule has 0 aliphatic carbocycles. The lowest BCUT2D eigenvalue weighted by atomic mass is 10.2. The van der Waals surface area contributed by atoms with E-state index in [0.29, 0.717) is 10.6 Å². The summed E-state index contributed by atoms with van der Waals surface area (Å²) in [6.07, 6.45) is 2.46. The van der Waals surface area contributed by atoms with Crippen molar-refractivity contribution < 1.29 is 0 Å². The zero-order valence-corrected chi connectivity index (χ0v) is 8.59. The number of nitriles is 1. The van der Waals surface area contributed by atoms with Gasteiger partial charge in [0.25, 0.3) is 0 Å². The molecule has 72 valence electrons. The van der Waals surface area contributed by atoms with Gasteiger partial charge in [0.2, 0.25) is 0 Å². The van der Waals surface area contributed by atoms with E-state index in [9.17, 15) is 0 Å². The van der Waals surface area contributed by atoms with Gasteiger partial charge in [-0.05, 0) is 31.0 Å². The average Bonchev–Trinajstić information content (AvgIpc) is 2.69. The smallest absolute Gasteiger partial charge is 0.0992 e. The highest BCUT2D eigenvalue weighted by atomic mass is 35.5. The molecular formula is C11H11ClN2. The van der Waals surface area contributed by atoms with Crippen LogP contribution in [0, 0.1) is 11.3 Å². The van der Waals surface area contributed by atoms with E-state index in [1.807, 2.05) is 12.1 Å². The lowest BCUT2D eigenvalue weighted by Crippen LogP contribution is -2.17. The SMILES string of the molecule is N#Cc1cc(Cl)cc(N2CCCC2)c1. The zero-order valence-electron chi connectivity index (χ0n) is 7.83. The molecule has 1 aliphatic rings. The molecule has 1 saturated heterocycles. The third-order valence-electron chi connectivity index (χ3n) is 2.48. The summed E-state index contributed by atoms with van der Waals surface area (Å²) < 4.78 is 0. The minimum Gasteiger partial charge on any atom is -0.371 e. The van der Waals surface area contributed by atoms with Crippen LogP contribution in [0.4, 0.5) is 5.69 Å². The Hall–Kier alpha value is -1.20. The van der Waals surface area contributed by atoms with Crippen LogP contribution in [0.15, 0.2) is 18.2 Å². The first-order valence-electron chi connectivity index (χ1n) is 4.75. The van der Waals surface area contributed by atoms with Crippen LogP contribution in [0.25, 0.3) is 0 Å². The lowest BCUT2D eigenvalue weighted by molar-refractivity contribution is 0.949. The van der Waals surface area contributed by atoms with Gasteiger partial charge in [0.1, 0.15) is 0 Å². The van der Waals surface area contributed by atoms with Crippen molar-refractivity contribution in [1.29, 1.82) is 5.26 Å². The predicted molar refractivity (Wildman–Crippen MR) is 57.6 cm³/mol. The molecule has 1 heterocycles. The van der Waals surface area contributed by atoms with Gasteiger partial charge in [-0.1, -0.05) is 11.6 Å². The molecule has 1 aliphatic heterocycles. The maximum atomic E-state index is 8.80. The molecule has 2 rings (SSSR count). The molecule has 14 heavy (non-hydrogen) atoms. The van der Waals surface area contributed by atoms with Crippen LogP contribution in [-0.4, -0.2) is 13.1 Å². The molecule has 0 spiro atoms. The first-order chi connectivity index (χ1) is 6.79. The Kier molecular flexibility index (Phi) is 2.60. The number of benzene rings is 1. The summed E-state index contributed by atoms with van der Waals surface area (Å²) in [5, 5.41) is 9.45. The highest BCUT2D eigenvalue weighted by Gasteiger charge is 2.13. The third-order valence-corrected chi connectivity index (χ3v) is 2.70. The Bertz CT molecular complexity index is 375. The number of halogens is 1. The topological polar surface area (TPSA) is 27.0 Å². The fourth-order valence-corrected chi connectivity index (χ4v) is 2.03. The van der Waals surface area contributed by atoms with Crippen LogP contribution < -0.4 is 4.90 Å². The number of hydrogen-bond acceptors (Lipinski definition) is 2. The van der Waals surface area contributed by atoms with E-state index < -0.39 is 0 Å². The number of rotatable bonds is 1. The van der Waals surface area contributed by atoms with Gasteiger partial charge >= 0.3 is 0 Å². The van der Waals surface area contributed by atoms with Crippen LogP contribution in [0.3, 0.4) is 0 Å². The molecule has 1 fully saturated rings. The summed E-state index contributed by atoms with van der Waals surface area (Å²) in [5.41, 5.74) is 1.71. The van der Waals surface area contributed by atoms with Gasteiger partial charge in [0.15, 0.2) is 0 Å². The number of nitrogens with zero attached hydrogens (tertiary/aromatic N) is 2. The van der Waals surface area contributed by atoms with Gasteiger partial charge in [-0.25, -0.2) is 0 Å². The standard InChI is InChI=1S/C11H11ClN2/c12-10-5-9(8-13)6-11(7-10)14-3-1-2-4-14/h5-7H,1-4H2. The summed E-state index contributed by atoms with van der Waals surface area (Å²) in [6.45, 7) is 2.15. The van der Waals surface area contributed by atoms with E-state index in [1.54, 1.807) is 6.07 Å². The van der Waals surface area contributed by atoms with Crippen molar-refractivity contribution in [3.63, 3.8) is 0 Å². The van der Waals surface area contributed by atoms with Crippen molar-refractivity contribution in [2.24, 2.45) is 0 Å². The van der Waals surface area contributed by atoms with Crippen LogP contribution >= 0.6 is 11.6 Å². The normalized spacial score (nSPS) is 15.6. The Morgan fingerprint density at radius 1 is 1.21 bits per heavy atom. The highest BCUT2D eigenvalue weighted by Crippen LogP contribution is 2.25. The Morgan fingerprint density at radius 3 is 2.57 bits per heavy atom. The quantitative estimate of drug-likeness (QED) is 0.707. The van der Waals surface area contributed by atoms with Crippen molar-refractivity contribution in [3.8, 4) is 6.07 Å². The minimum atomic E-state index is 0.638. The highest BCUT2D eigenvalue weighted by molar-refractivity contribution is 6.31. The predicted octanol–water partition coefficient (Wildman–Crippen LogP) is 2.81. The Morgan fingerprint density at radius 2 is 1.93 bits per heavy atom. The van der Waals surface area contributed by atoms with Crippen molar-refractivity contribution in [2.45, 2.75) is 12.8 Å². The summed E-state index contributed by atoms with van der Waals surface area (Å²) in [6, 6.07) is 7.64. The first kappa shape index (κ1) is 9.36. The van der Waals surface area contributed by atoms with Gasteiger partial charge in [0, 0.05) is 23.8 Å². The maximum absolute atomic E-state index is 8.80. The summed E-state index contributed by atoms with van der Waals surface area (Å²) in [7, 11) is 0. The molecule has 0 radical (unpaired) electrons. The fourth-order valence-electron chi connectivity index (χ4n) is 1.80. The van der Waals surface area contributed by atoms with Crippen molar-refractivity contribution >= 4 is 17.3 Å². The monoisotopic (exact) mass is 206 g/mol. The summed E-state index contributed by atoms with van der Waals surface area (Å²) >= 11 is 5.93. The second-order valence-electron chi connectivity index (χ2n) is 3.50. The van der Waals surface area contributed by atoms with E-state index in [-0.39, 0.29) is 0 Å². The van der Waals surface area contributed by atoms with E-state index >= 15 is 0 Å². The largest absolute Gasteiger partial charge is 0.371 e. The van der Waals surface area contributed by atoms with E-state index in [4.69, 9.17) is 16.9 Å². The van der Waals surface area contributed by atoms with Crippen molar-refractivity contribution in [3.05, 3.63) is 28.8 Å². The van der Waals surface area contributed by atoms with Crippen LogP contribution in [0.1, 0.15) is 18.4 Å². The molecule has 0 unspecified atom stereocenters. The second kappa shape index (κ2) is 3.89. The van der Waals surface area contributed by atoms with E-state index in [0.717, 1.165) is 18.8 Å². The molecule has 0 atom stereocenters.